The molecule has 1 aliphatic rings. The number of nitro benzene ring substituents is 1. The van der Waals surface area contributed by atoms with E-state index in [0.717, 1.165) is 0 Å². The van der Waals surface area contributed by atoms with Gasteiger partial charge in [0.25, 0.3) is 5.69 Å². The predicted molar refractivity (Wildman–Crippen MR) is 112 cm³/mol. The topological polar surface area (TPSA) is 136 Å². The standard InChI is InChI=1S/C18H22N6O4S/c1-2-28-17(25)13-5-7-23(8-6-13)14-4-3-12(9-15(14)24(26)27)10-20-22-18-21-16(19)11-29-18/h3-4,9-11,13H,2,5-8,19H2,1H3,(H,21,22). The van der Waals surface area contributed by atoms with Crippen molar-refractivity contribution in [3.63, 3.8) is 0 Å². The fourth-order valence-corrected chi connectivity index (χ4v) is 3.70. The van der Waals surface area contributed by atoms with Gasteiger partial charge in [-0.25, -0.2) is 4.98 Å². The van der Waals surface area contributed by atoms with Crippen molar-refractivity contribution in [1.82, 2.24) is 4.98 Å². The van der Waals surface area contributed by atoms with E-state index in [1.54, 1.807) is 24.4 Å². The van der Waals surface area contributed by atoms with E-state index in [2.05, 4.69) is 15.5 Å². The van der Waals surface area contributed by atoms with E-state index >= 15 is 0 Å². The first kappa shape index (κ1) is 20.5. The molecule has 2 aromatic rings. The van der Waals surface area contributed by atoms with Gasteiger partial charge in [-0.3, -0.25) is 20.3 Å². The summed E-state index contributed by atoms with van der Waals surface area (Å²) in [6, 6.07) is 4.96. The number of nitrogen functional groups attached to an aromatic ring is 1. The van der Waals surface area contributed by atoms with Crippen LogP contribution in [0, 0.1) is 16.0 Å². The molecular formula is C18H22N6O4S. The Morgan fingerprint density at radius 1 is 1.52 bits per heavy atom. The molecule has 154 valence electrons. The molecule has 0 radical (unpaired) electrons. The number of hydrogen-bond acceptors (Lipinski definition) is 10. The van der Waals surface area contributed by atoms with Crippen molar-refractivity contribution in [1.29, 1.82) is 0 Å². The predicted octanol–water partition coefficient (Wildman–Crippen LogP) is 2.86. The molecule has 0 amide bonds. The second-order valence-electron chi connectivity index (χ2n) is 6.47. The van der Waals surface area contributed by atoms with Crippen LogP contribution < -0.4 is 16.1 Å². The summed E-state index contributed by atoms with van der Waals surface area (Å²) in [6.45, 7) is 3.26. The third-order valence-corrected chi connectivity index (χ3v) is 5.31. The zero-order chi connectivity index (χ0) is 20.8. The van der Waals surface area contributed by atoms with E-state index in [9.17, 15) is 14.9 Å². The number of hydrogen-bond donors (Lipinski definition) is 2. The van der Waals surface area contributed by atoms with Gasteiger partial charge >= 0.3 is 5.97 Å². The highest BCUT2D eigenvalue weighted by Crippen LogP contribution is 2.32. The van der Waals surface area contributed by atoms with Gasteiger partial charge in [-0.05, 0) is 25.8 Å². The number of benzene rings is 1. The van der Waals surface area contributed by atoms with E-state index in [-0.39, 0.29) is 17.6 Å². The fraction of sp³-hybridized carbons (Fsp3) is 0.389. The third-order valence-electron chi connectivity index (χ3n) is 4.55. The maximum atomic E-state index is 11.9. The van der Waals surface area contributed by atoms with Crippen LogP contribution in [0.2, 0.25) is 0 Å². The lowest BCUT2D eigenvalue weighted by molar-refractivity contribution is -0.384. The van der Waals surface area contributed by atoms with Gasteiger partial charge in [-0.2, -0.15) is 5.10 Å². The molecule has 1 fully saturated rings. The highest BCUT2D eigenvalue weighted by molar-refractivity contribution is 7.14. The maximum absolute atomic E-state index is 11.9. The molecule has 0 bridgehead atoms. The van der Waals surface area contributed by atoms with Crippen LogP contribution >= 0.6 is 11.3 Å². The van der Waals surface area contributed by atoms with Gasteiger partial charge in [-0.1, -0.05) is 6.07 Å². The summed E-state index contributed by atoms with van der Waals surface area (Å²) in [6.07, 6.45) is 2.71. The molecule has 29 heavy (non-hydrogen) atoms. The molecular weight excluding hydrogens is 396 g/mol. The van der Waals surface area contributed by atoms with Crippen molar-refractivity contribution in [2.75, 3.05) is 35.8 Å². The van der Waals surface area contributed by atoms with E-state index in [1.165, 1.54) is 23.6 Å². The van der Waals surface area contributed by atoms with Gasteiger partial charge in [-0.15, -0.1) is 11.3 Å². The van der Waals surface area contributed by atoms with Gasteiger partial charge in [0.15, 0.2) is 0 Å². The number of nitrogens with two attached hydrogens (primary N) is 1. The van der Waals surface area contributed by atoms with E-state index in [1.807, 2.05) is 4.90 Å². The summed E-state index contributed by atoms with van der Waals surface area (Å²) in [4.78, 5) is 29.0. The quantitative estimate of drug-likeness (QED) is 0.303. The van der Waals surface area contributed by atoms with Crippen molar-refractivity contribution in [2.24, 2.45) is 11.0 Å². The zero-order valence-corrected chi connectivity index (χ0v) is 16.7. The molecule has 11 heteroatoms. The molecule has 0 atom stereocenters. The summed E-state index contributed by atoms with van der Waals surface area (Å²) in [5.41, 5.74) is 9.40. The molecule has 2 heterocycles. The number of carbonyl (C=O) groups excluding carboxylic acids is 1. The monoisotopic (exact) mass is 418 g/mol. The average Bonchev–Trinajstić information content (AvgIpc) is 3.13. The number of aromatic nitrogens is 1. The molecule has 0 saturated carbocycles. The Balaban J connectivity index is 1.68. The summed E-state index contributed by atoms with van der Waals surface area (Å²) >= 11 is 1.31. The molecule has 0 unspecified atom stereocenters. The minimum absolute atomic E-state index is 0.00188. The lowest BCUT2D eigenvalue weighted by Gasteiger charge is -2.32. The lowest BCUT2D eigenvalue weighted by Crippen LogP contribution is -2.37. The molecule has 0 spiro atoms. The summed E-state index contributed by atoms with van der Waals surface area (Å²) in [5, 5.41) is 17.9. The Bertz CT molecular complexity index is 908. The van der Waals surface area contributed by atoms with Crippen molar-refractivity contribution >= 4 is 45.8 Å². The van der Waals surface area contributed by atoms with Crippen molar-refractivity contribution in [3.05, 3.63) is 39.3 Å². The molecule has 10 nitrogen and oxygen atoms in total. The Hall–Kier alpha value is -3.21. The summed E-state index contributed by atoms with van der Waals surface area (Å²) in [5.74, 6) is 0.0600. The minimum Gasteiger partial charge on any atom is -0.466 e. The zero-order valence-electron chi connectivity index (χ0n) is 15.9. The normalized spacial score (nSPS) is 14.9. The smallest absolute Gasteiger partial charge is 0.309 e. The van der Waals surface area contributed by atoms with Gasteiger partial charge in [0.1, 0.15) is 11.5 Å². The first-order valence-corrected chi connectivity index (χ1v) is 10.1. The number of nitro groups is 1. The van der Waals surface area contributed by atoms with E-state index in [0.29, 0.717) is 54.7 Å². The highest BCUT2D eigenvalue weighted by atomic mass is 32.1. The van der Waals surface area contributed by atoms with Crippen LogP contribution in [0.1, 0.15) is 25.3 Å². The number of nitrogens with one attached hydrogen (secondary N) is 1. The highest BCUT2D eigenvalue weighted by Gasteiger charge is 2.29. The number of piperidine rings is 1. The van der Waals surface area contributed by atoms with E-state index < -0.39 is 4.92 Å². The largest absolute Gasteiger partial charge is 0.466 e. The third kappa shape index (κ3) is 5.19. The maximum Gasteiger partial charge on any atom is 0.309 e. The minimum atomic E-state index is -0.404. The number of rotatable bonds is 7. The molecule has 1 aliphatic heterocycles. The number of hydrazone groups is 1. The molecule has 1 aromatic heterocycles. The van der Waals surface area contributed by atoms with E-state index in [4.69, 9.17) is 10.5 Å². The number of carbonyl (C=O) groups is 1. The van der Waals surface area contributed by atoms with Crippen LogP contribution in [0.3, 0.4) is 0 Å². The summed E-state index contributed by atoms with van der Waals surface area (Å²) < 4.78 is 5.07. The van der Waals surface area contributed by atoms with Gasteiger partial charge in [0, 0.05) is 30.1 Å². The Morgan fingerprint density at radius 2 is 2.28 bits per heavy atom. The number of nitrogens with zero attached hydrogens (tertiary/aromatic N) is 4. The van der Waals surface area contributed by atoms with Crippen LogP contribution in [-0.4, -0.2) is 41.8 Å². The number of thiazole rings is 1. The molecule has 3 rings (SSSR count). The van der Waals surface area contributed by atoms with Gasteiger partial charge in [0.05, 0.1) is 23.7 Å². The second-order valence-corrected chi connectivity index (χ2v) is 7.32. The second kappa shape index (κ2) is 9.32. The lowest BCUT2D eigenvalue weighted by atomic mass is 9.96. The van der Waals surface area contributed by atoms with Crippen LogP contribution in [0.15, 0.2) is 28.7 Å². The van der Waals surface area contributed by atoms with Crippen LogP contribution in [0.5, 0.6) is 0 Å². The molecule has 3 N–H and O–H groups in total. The first-order valence-electron chi connectivity index (χ1n) is 9.18. The Kier molecular flexibility index (Phi) is 6.60. The Morgan fingerprint density at radius 3 is 2.90 bits per heavy atom. The first-order chi connectivity index (χ1) is 14.0. The van der Waals surface area contributed by atoms with Crippen LogP contribution in [-0.2, 0) is 9.53 Å². The van der Waals surface area contributed by atoms with Gasteiger partial charge < -0.3 is 15.4 Å². The van der Waals surface area contributed by atoms with Gasteiger partial charge in [0.2, 0.25) is 5.13 Å². The molecule has 1 aromatic carbocycles. The van der Waals surface area contributed by atoms with Crippen molar-refractivity contribution < 1.29 is 14.5 Å². The average molecular weight is 418 g/mol. The van der Waals surface area contributed by atoms with Crippen molar-refractivity contribution in [2.45, 2.75) is 19.8 Å². The van der Waals surface area contributed by atoms with Crippen LogP contribution in [0.25, 0.3) is 0 Å². The Labute approximate surface area is 171 Å². The molecule has 1 saturated heterocycles. The molecule has 0 aliphatic carbocycles. The van der Waals surface area contributed by atoms with Crippen molar-refractivity contribution in [3.8, 4) is 0 Å². The number of ether oxygens (including phenoxy) is 1. The van der Waals surface area contributed by atoms with Crippen LogP contribution in [0.4, 0.5) is 22.3 Å². The number of esters is 1. The summed E-state index contributed by atoms with van der Waals surface area (Å²) in [7, 11) is 0. The fourth-order valence-electron chi connectivity index (χ4n) is 3.15. The number of anilines is 3. The SMILES string of the molecule is CCOC(=O)C1CCN(c2ccc(C=NNc3nc(N)cs3)cc2[N+](=O)[O-])CC1.